The Morgan fingerprint density at radius 2 is 2.00 bits per heavy atom. The lowest BCUT2D eigenvalue weighted by atomic mass is 10.1. The smallest absolute Gasteiger partial charge is 0.251 e. The summed E-state index contributed by atoms with van der Waals surface area (Å²) in [6, 6.07) is 15.1. The Kier molecular flexibility index (Phi) is 5.62. The number of nitrogens with one attached hydrogen (secondary N) is 2. The Hall–Kier alpha value is -3.52. The van der Waals surface area contributed by atoms with Crippen LogP contribution >= 0.6 is 11.3 Å². The van der Waals surface area contributed by atoms with Gasteiger partial charge in [-0.15, -0.1) is 0 Å². The number of anilines is 2. The zero-order valence-electron chi connectivity index (χ0n) is 15.8. The number of nitrogens with zero attached hydrogens (tertiary/aromatic N) is 3. The highest BCUT2D eigenvalue weighted by atomic mass is 32.1. The molecule has 0 bridgehead atoms. The number of amides is 1. The second-order valence-electron chi connectivity index (χ2n) is 6.28. The Balaban J connectivity index is 1.38. The number of hydrogen-bond donors (Lipinski definition) is 2. The van der Waals surface area contributed by atoms with Gasteiger partial charge in [-0.1, -0.05) is 23.5 Å². The van der Waals surface area contributed by atoms with E-state index in [1.165, 1.54) is 17.7 Å². The summed E-state index contributed by atoms with van der Waals surface area (Å²) in [4.78, 5) is 25.1. The lowest BCUT2D eigenvalue weighted by Crippen LogP contribution is -2.25. The van der Waals surface area contributed by atoms with E-state index in [1.807, 2.05) is 36.4 Å². The monoisotopic (exact) mass is 405 g/mol. The van der Waals surface area contributed by atoms with E-state index in [9.17, 15) is 4.79 Å². The van der Waals surface area contributed by atoms with Crippen LogP contribution < -0.4 is 15.4 Å². The van der Waals surface area contributed by atoms with Crippen LogP contribution in [0.1, 0.15) is 15.9 Å². The number of thiazole rings is 1. The fourth-order valence-electron chi connectivity index (χ4n) is 2.81. The van der Waals surface area contributed by atoms with Gasteiger partial charge in [0, 0.05) is 18.3 Å². The number of aromatic nitrogens is 3. The first kappa shape index (κ1) is 18.8. The number of hydrogen-bond acceptors (Lipinski definition) is 7. The van der Waals surface area contributed by atoms with E-state index in [-0.39, 0.29) is 5.91 Å². The van der Waals surface area contributed by atoms with Crippen LogP contribution in [0.25, 0.3) is 10.2 Å². The van der Waals surface area contributed by atoms with E-state index < -0.39 is 0 Å². The molecule has 0 aliphatic rings. The Labute approximate surface area is 171 Å². The molecule has 0 aliphatic heterocycles. The molecule has 0 fully saturated rings. The zero-order chi connectivity index (χ0) is 20.1. The summed E-state index contributed by atoms with van der Waals surface area (Å²) in [5.74, 6) is 1.40. The van der Waals surface area contributed by atoms with Crippen molar-refractivity contribution in [2.75, 3.05) is 19.0 Å². The zero-order valence-corrected chi connectivity index (χ0v) is 16.6. The molecule has 1 amide bonds. The van der Waals surface area contributed by atoms with Gasteiger partial charge in [0.1, 0.15) is 17.9 Å². The molecule has 0 spiro atoms. The van der Waals surface area contributed by atoms with Gasteiger partial charge in [-0.3, -0.25) is 4.79 Å². The van der Waals surface area contributed by atoms with Gasteiger partial charge in [0.15, 0.2) is 5.13 Å². The molecule has 2 aromatic heterocycles. The quantitative estimate of drug-likeness (QED) is 0.486. The molecule has 146 valence electrons. The molecule has 7 nitrogen and oxygen atoms in total. The molecular weight excluding hydrogens is 386 g/mol. The van der Waals surface area contributed by atoms with Gasteiger partial charge in [-0.25, -0.2) is 15.0 Å². The van der Waals surface area contributed by atoms with E-state index >= 15 is 0 Å². The normalized spacial score (nSPS) is 10.7. The van der Waals surface area contributed by atoms with Crippen LogP contribution in [0.3, 0.4) is 0 Å². The average Bonchev–Trinajstić information content (AvgIpc) is 3.16. The number of carbonyl (C=O) groups is 1. The third kappa shape index (κ3) is 4.67. The second kappa shape index (κ2) is 8.66. The van der Waals surface area contributed by atoms with Gasteiger partial charge in [-0.2, -0.15) is 0 Å². The molecule has 4 aromatic rings. The topological polar surface area (TPSA) is 89.0 Å². The molecule has 0 unspecified atom stereocenters. The molecule has 0 radical (unpaired) electrons. The van der Waals surface area contributed by atoms with E-state index in [0.29, 0.717) is 17.9 Å². The first-order valence-electron chi connectivity index (χ1n) is 9.06. The fourth-order valence-corrected chi connectivity index (χ4v) is 3.72. The van der Waals surface area contributed by atoms with Gasteiger partial charge in [0.05, 0.1) is 17.3 Å². The van der Waals surface area contributed by atoms with Crippen molar-refractivity contribution in [1.82, 2.24) is 20.3 Å². The van der Waals surface area contributed by atoms with Crippen molar-refractivity contribution >= 4 is 38.4 Å². The van der Waals surface area contributed by atoms with E-state index in [0.717, 1.165) is 33.1 Å². The summed E-state index contributed by atoms with van der Waals surface area (Å²) in [7, 11) is 1.64. The lowest BCUT2D eigenvalue weighted by molar-refractivity contribution is 0.0954. The number of ether oxygens (including phenoxy) is 1. The molecule has 2 heterocycles. The van der Waals surface area contributed by atoms with Gasteiger partial charge in [0.2, 0.25) is 0 Å². The second-order valence-corrected chi connectivity index (χ2v) is 7.31. The van der Waals surface area contributed by atoms with Crippen LogP contribution in [0.4, 0.5) is 10.9 Å². The molecule has 0 saturated heterocycles. The minimum absolute atomic E-state index is 0.0980. The molecule has 2 N–H and O–H groups in total. The Morgan fingerprint density at radius 3 is 2.76 bits per heavy atom. The molecule has 0 atom stereocenters. The highest BCUT2D eigenvalue weighted by Crippen LogP contribution is 2.28. The lowest BCUT2D eigenvalue weighted by Gasteiger charge is -2.06. The summed E-state index contributed by atoms with van der Waals surface area (Å²) in [5, 5.41) is 6.84. The van der Waals surface area contributed by atoms with Crippen molar-refractivity contribution in [1.29, 1.82) is 0 Å². The summed E-state index contributed by atoms with van der Waals surface area (Å²) in [6.07, 6.45) is 3.90. The van der Waals surface area contributed by atoms with Gasteiger partial charge >= 0.3 is 0 Å². The van der Waals surface area contributed by atoms with Crippen molar-refractivity contribution in [3.05, 3.63) is 72.2 Å². The number of methoxy groups -OCH3 is 1. The molecule has 29 heavy (non-hydrogen) atoms. The summed E-state index contributed by atoms with van der Waals surface area (Å²) in [6.45, 7) is 0.562. The minimum Gasteiger partial charge on any atom is -0.497 e. The SMILES string of the molecule is COc1ccc(CCNC(=O)c2ccc3nc(Nc4ccncn4)sc3c2)cc1. The standard InChI is InChI=1S/C21H19N5O2S/c1-28-16-5-2-14(3-6-16)8-11-23-20(27)15-4-7-17-18(12-15)29-21(25-17)26-19-9-10-22-13-24-19/h2-7,9-10,12-13H,8,11H2,1H3,(H,23,27)(H,22,24,25,26). The van der Waals surface area contributed by atoms with Crippen molar-refractivity contribution in [2.24, 2.45) is 0 Å². The van der Waals surface area contributed by atoms with Crippen LogP contribution in [0, 0.1) is 0 Å². The molecule has 0 aliphatic carbocycles. The number of fused-ring (bicyclic) bond motifs is 1. The highest BCUT2D eigenvalue weighted by Gasteiger charge is 2.10. The van der Waals surface area contributed by atoms with E-state index in [1.54, 1.807) is 25.4 Å². The van der Waals surface area contributed by atoms with Crippen LogP contribution in [-0.2, 0) is 6.42 Å². The van der Waals surface area contributed by atoms with Gasteiger partial charge in [0.25, 0.3) is 5.91 Å². The maximum atomic E-state index is 12.5. The number of rotatable bonds is 7. The van der Waals surface area contributed by atoms with Crippen molar-refractivity contribution in [2.45, 2.75) is 6.42 Å². The molecule has 0 saturated carbocycles. The van der Waals surface area contributed by atoms with Crippen LogP contribution in [0.5, 0.6) is 5.75 Å². The number of benzene rings is 2. The first-order valence-corrected chi connectivity index (χ1v) is 9.88. The van der Waals surface area contributed by atoms with Gasteiger partial charge in [-0.05, 0) is 48.4 Å². The van der Waals surface area contributed by atoms with Gasteiger partial charge < -0.3 is 15.4 Å². The summed E-state index contributed by atoms with van der Waals surface area (Å²) in [5.41, 5.74) is 2.59. The summed E-state index contributed by atoms with van der Waals surface area (Å²) >= 11 is 1.47. The third-order valence-corrected chi connectivity index (χ3v) is 5.26. The van der Waals surface area contributed by atoms with Crippen molar-refractivity contribution in [3.8, 4) is 5.75 Å². The van der Waals surface area contributed by atoms with Crippen LogP contribution in [0.2, 0.25) is 0 Å². The van der Waals surface area contributed by atoms with Crippen molar-refractivity contribution < 1.29 is 9.53 Å². The molecule has 2 aromatic carbocycles. The van der Waals surface area contributed by atoms with E-state index in [4.69, 9.17) is 4.74 Å². The predicted octanol–water partition coefficient (Wildman–Crippen LogP) is 3.81. The van der Waals surface area contributed by atoms with Crippen LogP contribution in [-0.4, -0.2) is 34.5 Å². The average molecular weight is 405 g/mol. The molecule has 4 rings (SSSR count). The highest BCUT2D eigenvalue weighted by molar-refractivity contribution is 7.22. The maximum absolute atomic E-state index is 12.5. The Morgan fingerprint density at radius 1 is 1.14 bits per heavy atom. The minimum atomic E-state index is -0.0980. The van der Waals surface area contributed by atoms with E-state index in [2.05, 4.69) is 25.6 Å². The Bertz CT molecular complexity index is 1110. The van der Waals surface area contributed by atoms with Crippen molar-refractivity contribution in [3.63, 3.8) is 0 Å². The summed E-state index contributed by atoms with van der Waals surface area (Å²) < 4.78 is 6.09. The molecule has 8 heteroatoms. The molecular formula is C21H19N5O2S. The maximum Gasteiger partial charge on any atom is 0.251 e. The third-order valence-electron chi connectivity index (χ3n) is 4.33. The fraction of sp³-hybridized carbons (Fsp3) is 0.143. The van der Waals surface area contributed by atoms with Crippen LogP contribution in [0.15, 0.2) is 61.1 Å². The number of carbonyl (C=O) groups excluding carboxylic acids is 1. The first-order chi connectivity index (χ1) is 14.2. The predicted molar refractivity (Wildman–Crippen MR) is 114 cm³/mol. The largest absolute Gasteiger partial charge is 0.497 e.